The van der Waals surface area contributed by atoms with Crippen LogP contribution in [0.2, 0.25) is 0 Å². The molecule has 0 saturated heterocycles. The van der Waals surface area contributed by atoms with E-state index in [0.717, 1.165) is 0 Å². The lowest BCUT2D eigenvalue weighted by atomic mass is 10.0. The van der Waals surface area contributed by atoms with Gasteiger partial charge in [0.25, 0.3) is 0 Å². The zero-order valence-corrected chi connectivity index (χ0v) is 6.82. The van der Waals surface area contributed by atoms with Gasteiger partial charge in [-0.05, 0) is 0 Å². The average Bonchev–Trinajstić information content (AvgIpc) is 2.12. The first-order valence-corrected chi connectivity index (χ1v) is 3.33. The van der Waals surface area contributed by atoms with E-state index in [1.807, 2.05) is 0 Å². The Morgan fingerprint density at radius 1 is 1.08 bits per heavy atom. The van der Waals surface area contributed by atoms with Crippen molar-refractivity contribution in [2.75, 3.05) is 6.61 Å². The smallest absolute Gasteiger partial charge is 0.151 e. The fraction of sp³-hybridized carbons (Fsp3) is 0.833. The van der Waals surface area contributed by atoms with Crippen molar-refractivity contribution in [2.45, 2.75) is 24.4 Å². The number of rotatable bonds is 5. The molecule has 0 aromatic heterocycles. The molecule has 4 unspecified atom stereocenters. The third-order valence-corrected chi connectivity index (χ3v) is 1.42. The van der Waals surface area contributed by atoms with Crippen molar-refractivity contribution in [3.05, 3.63) is 0 Å². The van der Waals surface area contributed by atoms with E-state index in [2.05, 4.69) is 0 Å². The van der Waals surface area contributed by atoms with Gasteiger partial charge in [0.1, 0.15) is 24.4 Å². The maximum absolute atomic E-state index is 9.90. The molecule has 0 bridgehead atoms. The van der Waals surface area contributed by atoms with Gasteiger partial charge in [0.2, 0.25) is 0 Å². The Balaban J connectivity index is 0. The van der Waals surface area contributed by atoms with Gasteiger partial charge in [0, 0.05) is 8.41 Å². The van der Waals surface area contributed by atoms with Crippen LogP contribution < -0.4 is 0 Å². The number of aldehydes is 1. The predicted octanol–water partition coefficient (Wildman–Crippen LogP) is -3.76. The Morgan fingerprint density at radius 3 is 1.85 bits per heavy atom. The van der Waals surface area contributed by atoms with Gasteiger partial charge in [0.05, 0.1) is 6.61 Å². The summed E-state index contributed by atoms with van der Waals surface area (Å²) in [5.41, 5.74) is 0. The van der Waals surface area contributed by atoms with E-state index in [0.29, 0.717) is 0 Å². The minimum absolute atomic E-state index is 0. The van der Waals surface area contributed by atoms with E-state index in [1.54, 1.807) is 0 Å². The molecule has 0 rings (SSSR count). The van der Waals surface area contributed by atoms with Gasteiger partial charge >= 0.3 is 0 Å². The van der Waals surface area contributed by atoms with Crippen LogP contribution in [0.1, 0.15) is 0 Å². The summed E-state index contributed by atoms with van der Waals surface area (Å²) in [6.45, 7) is -0.760. The Hall–Kier alpha value is -0.465. The van der Waals surface area contributed by atoms with Crippen LogP contribution >= 0.6 is 0 Å². The molecule has 0 aromatic rings. The highest BCUT2D eigenvalue weighted by Gasteiger charge is 2.29. The van der Waals surface area contributed by atoms with Crippen LogP contribution in [0.15, 0.2) is 0 Å². The summed E-state index contributed by atoms with van der Waals surface area (Å²) in [7, 11) is 0. The van der Waals surface area contributed by atoms with Crippen molar-refractivity contribution in [3.8, 4) is 0 Å². The lowest BCUT2D eigenvalue weighted by Crippen LogP contribution is -2.46. The summed E-state index contributed by atoms with van der Waals surface area (Å²) >= 11 is 0. The number of aliphatic hydroxyl groups excluding tert-OH is 5. The first-order valence-electron chi connectivity index (χ1n) is 3.33. The second-order valence-electron chi connectivity index (χ2n) is 2.36. The van der Waals surface area contributed by atoms with Crippen LogP contribution in [-0.2, 0) is 4.79 Å². The van der Waals surface area contributed by atoms with E-state index >= 15 is 0 Å². The molecule has 0 aliphatic carbocycles. The number of hydrogen-bond donors (Lipinski definition) is 5. The van der Waals surface area contributed by atoms with Gasteiger partial charge in [0.15, 0.2) is 6.29 Å². The molecule has 5 N–H and O–H groups in total. The Kier molecular flexibility index (Phi) is 8.08. The number of carbonyl (C=O) groups is 1. The molecule has 0 aromatic carbocycles. The second-order valence-corrected chi connectivity index (χ2v) is 2.36. The highest BCUT2D eigenvalue weighted by atomic mass is 16.4. The summed E-state index contributed by atoms with van der Waals surface area (Å²) in [6.07, 6.45) is -6.84. The first-order chi connectivity index (χ1) is 5.54. The molecule has 75 valence electrons. The van der Waals surface area contributed by atoms with Crippen LogP contribution in [0.3, 0.4) is 0 Å². The van der Waals surface area contributed by atoms with E-state index in [9.17, 15) is 4.79 Å². The van der Waals surface area contributed by atoms with Crippen LogP contribution in [0.25, 0.3) is 0 Å². The molecular weight excluding hydrogens is 179 g/mol. The molecule has 3 radical (unpaired) electrons. The predicted molar refractivity (Wildman–Crippen MR) is 42.9 cm³/mol. The van der Waals surface area contributed by atoms with Gasteiger partial charge in [-0.25, -0.2) is 0 Å². The quantitative estimate of drug-likeness (QED) is 0.225. The second kappa shape index (κ2) is 6.99. The van der Waals surface area contributed by atoms with E-state index in [-0.39, 0.29) is 14.7 Å². The van der Waals surface area contributed by atoms with Crippen molar-refractivity contribution in [1.29, 1.82) is 0 Å². The van der Waals surface area contributed by atoms with Crippen LogP contribution in [-0.4, -0.2) is 71.3 Å². The summed E-state index contributed by atoms with van der Waals surface area (Å²) < 4.78 is 0. The normalized spacial score (nSPS) is 19.5. The zero-order valence-electron chi connectivity index (χ0n) is 6.82. The number of hydrogen-bond acceptors (Lipinski definition) is 6. The fourth-order valence-electron chi connectivity index (χ4n) is 0.618. The van der Waals surface area contributed by atoms with Crippen molar-refractivity contribution in [1.82, 2.24) is 0 Å². The molecule has 13 heavy (non-hydrogen) atoms. The molecule has 0 fully saturated rings. The highest BCUT2D eigenvalue weighted by molar-refractivity contribution is 5.75. The molecule has 0 aliphatic heterocycles. The molecule has 7 heteroatoms. The van der Waals surface area contributed by atoms with E-state index in [1.165, 1.54) is 0 Å². The fourth-order valence-corrected chi connectivity index (χ4v) is 0.618. The average molecular weight is 191 g/mol. The SMILES string of the molecule is O=CC(O)C(O)C(O)C(O)CO.[B]. The van der Waals surface area contributed by atoms with E-state index < -0.39 is 31.0 Å². The minimum Gasteiger partial charge on any atom is -0.394 e. The molecule has 6 nitrogen and oxygen atoms in total. The highest BCUT2D eigenvalue weighted by Crippen LogP contribution is 2.02. The van der Waals surface area contributed by atoms with Crippen molar-refractivity contribution in [2.24, 2.45) is 0 Å². The molecule has 4 atom stereocenters. The van der Waals surface area contributed by atoms with Crippen molar-refractivity contribution in [3.63, 3.8) is 0 Å². The van der Waals surface area contributed by atoms with Gasteiger partial charge in [-0.1, -0.05) is 0 Å². The third-order valence-electron chi connectivity index (χ3n) is 1.42. The Bertz CT molecular complexity index is 143. The first kappa shape index (κ1) is 15.0. The maximum Gasteiger partial charge on any atom is 0.151 e. The Morgan fingerprint density at radius 2 is 1.54 bits per heavy atom. The maximum atomic E-state index is 9.90. The van der Waals surface area contributed by atoms with Gasteiger partial charge in [-0.2, -0.15) is 0 Å². The summed E-state index contributed by atoms with van der Waals surface area (Å²) in [6, 6.07) is 0. The van der Waals surface area contributed by atoms with Crippen molar-refractivity contribution < 1.29 is 30.3 Å². The molecule has 0 heterocycles. The van der Waals surface area contributed by atoms with Crippen LogP contribution in [0.4, 0.5) is 0 Å². The molecule has 0 aliphatic rings. The largest absolute Gasteiger partial charge is 0.394 e. The summed E-state index contributed by atoms with van der Waals surface area (Å²) in [5.74, 6) is 0. The molecular formula is C6H12BO6. The molecule has 0 saturated carbocycles. The van der Waals surface area contributed by atoms with Crippen molar-refractivity contribution >= 4 is 14.7 Å². The topological polar surface area (TPSA) is 118 Å². The lowest BCUT2D eigenvalue weighted by Gasteiger charge is -2.22. The van der Waals surface area contributed by atoms with Gasteiger partial charge < -0.3 is 30.3 Å². The van der Waals surface area contributed by atoms with Gasteiger partial charge in [-0.15, -0.1) is 0 Å². The van der Waals surface area contributed by atoms with Crippen LogP contribution in [0.5, 0.6) is 0 Å². The minimum atomic E-state index is -1.79. The summed E-state index contributed by atoms with van der Waals surface area (Å²) in [5, 5.41) is 43.5. The number of aliphatic hydroxyl groups is 5. The third kappa shape index (κ3) is 4.35. The van der Waals surface area contributed by atoms with Crippen LogP contribution in [0, 0.1) is 0 Å². The number of carbonyl (C=O) groups excluding carboxylic acids is 1. The Labute approximate surface area is 77.0 Å². The molecule has 0 amide bonds. The van der Waals surface area contributed by atoms with Gasteiger partial charge in [-0.3, -0.25) is 0 Å². The standard InChI is InChI=1S/C6H12O6.B/c7-1-3(9)5(11)6(12)4(10)2-8;/h1,3-6,8-12H,2H2;. The zero-order chi connectivity index (χ0) is 9.72. The monoisotopic (exact) mass is 191 g/mol. The summed E-state index contributed by atoms with van der Waals surface area (Å²) in [4.78, 5) is 9.90. The molecule has 0 spiro atoms. The lowest BCUT2D eigenvalue weighted by molar-refractivity contribution is -0.136. The van der Waals surface area contributed by atoms with E-state index in [4.69, 9.17) is 25.5 Å².